The van der Waals surface area contributed by atoms with Crippen LogP contribution in [-0.2, 0) is 5.54 Å². The Morgan fingerprint density at radius 1 is 1.50 bits per heavy atom. The van der Waals surface area contributed by atoms with Crippen molar-refractivity contribution >= 4 is 44.5 Å². The number of thiazole rings is 1. The number of halogens is 1. The van der Waals surface area contributed by atoms with Gasteiger partial charge in [0, 0.05) is 16.0 Å². The highest BCUT2D eigenvalue weighted by atomic mass is 79.9. The highest BCUT2D eigenvalue weighted by Crippen LogP contribution is 2.29. The summed E-state index contributed by atoms with van der Waals surface area (Å²) in [7, 11) is 0. The summed E-state index contributed by atoms with van der Waals surface area (Å²) in [6.45, 7) is 4.05. The Bertz CT molecular complexity index is 538. The second kappa shape index (κ2) is 5.50. The van der Waals surface area contributed by atoms with Gasteiger partial charge in [0.1, 0.15) is 9.88 Å². The van der Waals surface area contributed by atoms with Crippen LogP contribution >= 0.6 is 38.6 Å². The van der Waals surface area contributed by atoms with Gasteiger partial charge >= 0.3 is 0 Å². The minimum absolute atomic E-state index is 0.0589. The van der Waals surface area contributed by atoms with E-state index in [1.807, 2.05) is 30.7 Å². The van der Waals surface area contributed by atoms with Crippen LogP contribution in [0.4, 0.5) is 0 Å². The van der Waals surface area contributed by atoms with Crippen molar-refractivity contribution in [3.63, 3.8) is 0 Å². The van der Waals surface area contributed by atoms with E-state index in [4.69, 9.17) is 0 Å². The number of nitrogens with zero attached hydrogens (tertiary/aromatic N) is 1. The number of amides is 1. The summed E-state index contributed by atoms with van der Waals surface area (Å²) in [6, 6.07) is 1.88. The van der Waals surface area contributed by atoms with E-state index in [2.05, 4.69) is 26.2 Å². The molecule has 0 spiro atoms. The van der Waals surface area contributed by atoms with Gasteiger partial charge in [-0.05, 0) is 40.7 Å². The van der Waals surface area contributed by atoms with E-state index in [0.717, 1.165) is 15.9 Å². The molecule has 0 fully saturated rings. The van der Waals surface area contributed by atoms with E-state index in [0.29, 0.717) is 4.88 Å². The van der Waals surface area contributed by atoms with Gasteiger partial charge in [-0.1, -0.05) is 6.92 Å². The standard InChI is InChI=1S/C12H13BrN2OS2/c1-3-12(2,11-14-5-7-18-11)15-10(16)9-8(13)4-6-17-9/h4-7H,3H2,1-2H3,(H,15,16). The van der Waals surface area contributed by atoms with E-state index in [1.165, 1.54) is 11.3 Å². The molecule has 2 heterocycles. The summed E-state index contributed by atoms with van der Waals surface area (Å²) in [5.74, 6) is -0.0589. The van der Waals surface area contributed by atoms with Crippen molar-refractivity contribution in [2.45, 2.75) is 25.8 Å². The number of hydrogen-bond donors (Lipinski definition) is 1. The van der Waals surface area contributed by atoms with Crippen molar-refractivity contribution in [3.8, 4) is 0 Å². The van der Waals surface area contributed by atoms with Gasteiger partial charge in [-0.15, -0.1) is 22.7 Å². The lowest BCUT2D eigenvalue weighted by molar-refractivity contribution is 0.0905. The lowest BCUT2D eigenvalue weighted by Gasteiger charge is -2.27. The first kappa shape index (κ1) is 13.7. The van der Waals surface area contributed by atoms with Crippen LogP contribution in [0, 0.1) is 0 Å². The Labute approximate surface area is 122 Å². The van der Waals surface area contributed by atoms with Gasteiger partial charge < -0.3 is 5.32 Å². The summed E-state index contributed by atoms with van der Waals surface area (Å²) < 4.78 is 0.836. The molecule has 6 heteroatoms. The molecule has 1 amide bonds. The molecule has 0 aliphatic carbocycles. The number of rotatable bonds is 4. The molecule has 2 rings (SSSR count). The minimum atomic E-state index is -0.408. The van der Waals surface area contributed by atoms with Crippen LogP contribution in [0.15, 0.2) is 27.5 Å². The fourth-order valence-electron chi connectivity index (χ4n) is 1.55. The van der Waals surface area contributed by atoms with Crippen molar-refractivity contribution in [3.05, 3.63) is 37.4 Å². The number of aromatic nitrogens is 1. The number of nitrogens with one attached hydrogen (secondary N) is 1. The maximum atomic E-state index is 12.2. The molecule has 3 nitrogen and oxygen atoms in total. The molecule has 0 bridgehead atoms. The molecule has 0 saturated heterocycles. The van der Waals surface area contributed by atoms with Crippen molar-refractivity contribution in [1.82, 2.24) is 10.3 Å². The van der Waals surface area contributed by atoms with Crippen LogP contribution in [0.2, 0.25) is 0 Å². The molecule has 0 radical (unpaired) electrons. The monoisotopic (exact) mass is 344 g/mol. The number of carbonyl (C=O) groups excluding carboxylic acids is 1. The van der Waals surface area contributed by atoms with Crippen molar-refractivity contribution in [1.29, 1.82) is 0 Å². The molecule has 1 unspecified atom stereocenters. The lowest BCUT2D eigenvalue weighted by atomic mass is 10.00. The maximum absolute atomic E-state index is 12.2. The first-order valence-corrected chi connectivity index (χ1v) is 8.07. The van der Waals surface area contributed by atoms with Crippen molar-refractivity contribution in [2.24, 2.45) is 0 Å². The molecule has 96 valence electrons. The highest BCUT2D eigenvalue weighted by Gasteiger charge is 2.30. The van der Waals surface area contributed by atoms with Crippen LogP contribution in [-0.4, -0.2) is 10.9 Å². The second-order valence-corrected chi connectivity index (χ2v) is 6.74. The average molecular weight is 345 g/mol. The third kappa shape index (κ3) is 2.65. The van der Waals surface area contributed by atoms with Gasteiger partial charge in [-0.2, -0.15) is 0 Å². The fraction of sp³-hybridized carbons (Fsp3) is 0.333. The molecule has 2 aromatic heterocycles. The highest BCUT2D eigenvalue weighted by molar-refractivity contribution is 9.10. The van der Waals surface area contributed by atoms with Crippen molar-refractivity contribution < 1.29 is 4.79 Å². The van der Waals surface area contributed by atoms with E-state index in [1.54, 1.807) is 17.5 Å². The molecular formula is C12H13BrN2OS2. The summed E-state index contributed by atoms with van der Waals surface area (Å²) in [5, 5.41) is 7.84. The molecule has 0 saturated carbocycles. The van der Waals surface area contributed by atoms with Gasteiger partial charge in [0.05, 0.1) is 5.54 Å². The van der Waals surface area contributed by atoms with Gasteiger partial charge in [0.15, 0.2) is 0 Å². The lowest BCUT2D eigenvalue weighted by Crippen LogP contribution is -2.42. The van der Waals surface area contributed by atoms with Gasteiger partial charge in [0.2, 0.25) is 0 Å². The Balaban J connectivity index is 2.22. The smallest absolute Gasteiger partial charge is 0.263 e. The Morgan fingerprint density at radius 3 is 2.78 bits per heavy atom. The zero-order valence-electron chi connectivity index (χ0n) is 10.1. The molecular weight excluding hydrogens is 332 g/mol. The molecule has 0 aromatic carbocycles. The third-order valence-corrected chi connectivity index (χ3v) is 5.70. The van der Waals surface area contributed by atoms with Gasteiger partial charge in [-0.25, -0.2) is 4.98 Å². The Kier molecular flexibility index (Phi) is 4.19. The first-order chi connectivity index (χ1) is 8.57. The number of carbonyl (C=O) groups is 1. The van der Waals surface area contributed by atoms with E-state index in [-0.39, 0.29) is 5.91 Å². The number of thiophene rings is 1. The van der Waals surface area contributed by atoms with Gasteiger partial charge in [-0.3, -0.25) is 4.79 Å². The zero-order chi connectivity index (χ0) is 13.2. The summed E-state index contributed by atoms with van der Waals surface area (Å²) in [6.07, 6.45) is 2.57. The Morgan fingerprint density at radius 2 is 2.28 bits per heavy atom. The second-order valence-electron chi connectivity index (χ2n) is 4.07. The molecule has 18 heavy (non-hydrogen) atoms. The number of hydrogen-bond acceptors (Lipinski definition) is 4. The zero-order valence-corrected chi connectivity index (χ0v) is 13.3. The van der Waals surface area contributed by atoms with E-state index >= 15 is 0 Å². The largest absolute Gasteiger partial charge is 0.340 e. The van der Waals surface area contributed by atoms with Crippen LogP contribution in [0.1, 0.15) is 34.9 Å². The summed E-state index contributed by atoms with van der Waals surface area (Å²) >= 11 is 6.38. The molecule has 2 aromatic rings. The van der Waals surface area contributed by atoms with Gasteiger partial charge in [0.25, 0.3) is 5.91 Å². The maximum Gasteiger partial charge on any atom is 0.263 e. The summed E-state index contributed by atoms with van der Waals surface area (Å²) in [4.78, 5) is 17.3. The van der Waals surface area contributed by atoms with E-state index < -0.39 is 5.54 Å². The quantitative estimate of drug-likeness (QED) is 0.909. The molecule has 0 aliphatic rings. The van der Waals surface area contributed by atoms with Crippen LogP contribution in [0.5, 0.6) is 0 Å². The Hall–Kier alpha value is -0.720. The fourth-order valence-corrected chi connectivity index (χ4v) is 3.83. The predicted octanol–water partition coefficient (Wildman–Crippen LogP) is 4.02. The molecule has 1 N–H and O–H groups in total. The minimum Gasteiger partial charge on any atom is -0.340 e. The normalized spacial score (nSPS) is 14.2. The van der Waals surface area contributed by atoms with Crippen LogP contribution < -0.4 is 5.32 Å². The SMILES string of the molecule is CCC(C)(NC(=O)c1sccc1Br)c1nccs1. The van der Waals surface area contributed by atoms with Crippen LogP contribution in [0.25, 0.3) is 0 Å². The van der Waals surface area contributed by atoms with E-state index in [9.17, 15) is 4.79 Å². The van der Waals surface area contributed by atoms with Crippen molar-refractivity contribution in [2.75, 3.05) is 0 Å². The topological polar surface area (TPSA) is 42.0 Å². The third-order valence-electron chi connectivity index (χ3n) is 2.82. The average Bonchev–Trinajstić information content (AvgIpc) is 2.99. The molecule has 0 aliphatic heterocycles. The molecule has 1 atom stereocenters. The predicted molar refractivity (Wildman–Crippen MR) is 79.2 cm³/mol. The first-order valence-electron chi connectivity index (χ1n) is 5.52. The summed E-state index contributed by atoms with van der Waals surface area (Å²) in [5.41, 5.74) is -0.408. The van der Waals surface area contributed by atoms with Crippen LogP contribution in [0.3, 0.4) is 0 Å².